The third-order valence-corrected chi connectivity index (χ3v) is 5.29. The molecule has 3 nitrogen and oxygen atoms in total. The summed E-state index contributed by atoms with van der Waals surface area (Å²) in [6, 6.07) is 0. The number of nitrogens with one attached hydrogen (secondary N) is 1. The van der Waals surface area contributed by atoms with Crippen molar-refractivity contribution in [1.29, 1.82) is 0 Å². The summed E-state index contributed by atoms with van der Waals surface area (Å²) in [5.41, 5.74) is 0.431. The summed E-state index contributed by atoms with van der Waals surface area (Å²) >= 11 is 0. The molecular weight excluding hydrogens is 260 g/mol. The van der Waals surface area contributed by atoms with Crippen LogP contribution >= 0.6 is 12.4 Å². The van der Waals surface area contributed by atoms with Gasteiger partial charge in [0.2, 0.25) is 5.91 Å². The molecule has 110 valence electrons. The van der Waals surface area contributed by atoms with Crippen LogP contribution in [0.4, 0.5) is 0 Å². The van der Waals surface area contributed by atoms with E-state index in [1.54, 1.807) is 0 Å². The fourth-order valence-electron chi connectivity index (χ4n) is 4.05. The molecule has 1 aliphatic carbocycles. The van der Waals surface area contributed by atoms with Crippen molar-refractivity contribution in [3.63, 3.8) is 0 Å². The Morgan fingerprint density at radius 2 is 1.84 bits per heavy atom. The summed E-state index contributed by atoms with van der Waals surface area (Å²) in [6.45, 7) is 4.30. The highest BCUT2D eigenvalue weighted by molar-refractivity contribution is 5.85. The second-order valence-electron chi connectivity index (χ2n) is 6.63. The van der Waals surface area contributed by atoms with Gasteiger partial charge in [-0.25, -0.2) is 0 Å². The van der Waals surface area contributed by atoms with E-state index in [-0.39, 0.29) is 12.4 Å². The van der Waals surface area contributed by atoms with Gasteiger partial charge in [-0.1, -0.05) is 25.7 Å². The zero-order valence-electron chi connectivity index (χ0n) is 11.8. The Kier molecular flexibility index (Phi) is 5.13. The van der Waals surface area contributed by atoms with Crippen molar-refractivity contribution in [1.82, 2.24) is 10.2 Å². The molecule has 3 rings (SSSR count). The van der Waals surface area contributed by atoms with Crippen molar-refractivity contribution in [2.45, 2.75) is 51.4 Å². The third-order valence-electron chi connectivity index (χ3n) is 5.29. The molecule has 1 unspecified atom stereocenters. The average Bonchev–Trinajstić information content (AvgIpc) is 2.92. The Hall–Kier alpha value is -0.280. The Morgan fingerprint density at radius 3 is 2.47 bits per heavy atom. The van der Waals surface area contributed by atoms with Crippen LogP contribution in [0.2, 0.25) is 0 Å². The van der Waals surface area contributed by atoms with Crippen LogP contribution in [0.5, 0.6) is 0 Å². The average molecular weight is 287 g/mol. The number of hydrogen-bond donors (Lipinski definition) is 1. The molecule has 3 fully saturated rings. The lowest BCUT2D eigenvalue weighted by Gasteiger charge is -2.25. The van der Waals surface area contributed by atoms with Crippen LogP contribution in [0, 0.1) is 11.3 Å². The first-order valence-corrected chi connectivity index (χ1v) is 7.79. The van der Waals surface area contributed by atoms with Crippen LogP contribution in [-0.2, 0) is 4.79 Å². The highest BCUT2D eigenvalue weighted by Crippen LogP contribution is 2.37. The maximum Gasteiger partial charge on any atom is 0.225 e. The maximum atomic E-state index is 12.6. The SMILES string of the molecule is Cl.O=C(C1CCCCCC1)N1CCC2(CCNC2)C1. The van der Waals surface area contributed by atoms with E-state index in [1.807, 2.05) is 0 Å². The van der Waals surface area contributed by atoms with Crippen molar-refractivity contribution >= 4 is 18.3 Å². The van der Waals surface area contributed by atoms with E-state index in [4.69, 9.17) is 0 Å². The maximum absolute atomic E-state index is 12.6. The van der Waals surface area contributed by atoms with E-state index in [2.05, 4.69) is 10.2 Å². The molecule has 1 amide bonds. The second-order valence-corrected chi connectivity index (χ2v) is 6.63. The fourth-order valence-corrected chi connectivity index (χ4v) is 4.05. The Labute approximate surface area is 122 Å². The van der Waals surface area contributed by atoms with Crippen molar-refractivity contribution in [3.05, 3.63) is 0 Å². The van der Waals surface area contributed by atoms with E-state index < -0.39 is 0 Å². The van der Waals surface area contributed by atoms with Gasteiger partial charge in [-0.05, 0) is 32.2 Å². The van der Waals surface area contributed by atoms with Gasteiger partial charge >= 0.3 is 0 Å². The number of carbonyl (C=O) groups excluding carboxylic acids is 1. The Morgan fingerprint density at radius 1 is 1.11 bits per heavy atom. The van der Waals surface area contributed by atoms with Gasteiger partial charge in [-0.15, -0.1) is 12.4 Å². The molecule has 3 aliphatic rings. The van der Waals surface area contributed by atoms with Gasteiger partial charge < -0.3 is 10.2 Å². The predicted molar refractivity (Wildman–Crippen MR) is 79.6 cm³/mol. The number of halogens is 1. The Bertz CT molecular complexity index is 307. The molecule has 2 saturated heterocycles. The number of rotatable bonds is 1. The minimum atomic E-state index is 0. The molecule has 1 saturated carbocycles. The van der Waals surface area contributed by atoms with Crippen LogP contribution in [0.3, 0.4) is 0 Å². The van der Waals surface area contributed by atoms with E-state index in [1.165, 1.54) is 38.5 Å². The molecule has 0 aromatic carbocycles. The normalized spacial score (nSPS) is 32.3. The summed E-state index contributed by atoms with van der Waals surface area (Å²) in [5.74, 6) is 0.817. The molecule has 0 aromatic rings. The molecule has 4 heteroatoms. The monoisotopic (exact) mass is 286 g/mol. The summed E-state index contributed by atoms with van der Waals surface area (Å²) in [6.07, 6.45) is 9.95. The molecule has 0 aromatic heterocycles. The van der Waals surface area contributed by atoms with Gasteiger partial charge in [-0.2, -0.15) is 0 Å². The highest BCUT2D eigenvalue weighted by atomic mass is 35.5. The number of likely N-dealkylation sites (tertiary alicyclic amines) is 1. The van der Waals surface area contributed by atoms with Crippen LogP contribution in [0.15, 0.2) is 0 Å². The van der Waals surface area contributed by atoms with Gasteiger partial charge in [-0.3, -0.25) is 4.79 Å². The van der Waals surface area contributed by atoms with Gasteiger partial charge in [0.25, 0.3) is 0 Å². The van der Waals surface area contributed by atoms with Crippen molar-refractivity contribution in [3.8, 4) is 0 Å². The first-order valence-electron chi connectivity index (χ1n) is 7.79. The quantitative estimate of drug-likeness (QED) is 0.752. The summed E-state index contributed by atoms with van der Waals surface area (Å²) in [5, 5.41) is 3.47. The molecule has 1 atom stereocenters. The number of nitrogens with zero attached hydrogens (tertiary/aromatic N) is 1. The largest absolute Gasteiger partial charge is 0.342 e. The lowest BCUT2D eigenvalue weighted by Crippen LogP contribution is -2.37. The lowest BCUT2D eigenvalue weighted by molar-refractivity contribution is -0.135. The number of hydrogen-bond acceptors (Lipinski definition) is 2. The van der Waals surface area contributed by atoms with Gasteiger partial charge in [0, 0.05) is 31.0 Å². The first kappa shape index (κ1) is 15.1. The van der Waals surface area contributed by atoms with Crippen molar-refractivity contribution in [2.75, 3.05) is 26.2 Å². The van der Waals surface area contributed by atoms with Crippen LogP contribution < -0.4 is 5.32 Å². The van der Waals surface area contributed by atoms with Crippen LogP contribution in [-0.4, -0.2) is 37.0 Å². The minimum Gasteiger partial charge on any atom is -0.342 e. The fraction of sp³-hybridized carbons (Fsp3) is 0.933. The standard InChI is InChI=1S/C15H26N2O.ClH/c18-14(13-5-3-1-2-4-6-13)17-10-8-15(12-17)7-9-16-11-15;/h13,16H,1-12H2;1H. The topological polar surface area (TPSA) is 32.3 Å². The molecule has 2 heterocycles. The zero-order valence-corrected chi connectivity index (χ0v) is 12.6. The summed E-state index contributed by atoms with van der Waals surface area (Å²) < 4.78 is 0. The minimum absolute atomic E-state index is 0. The molecule has 0 bridgehead atoms. The third kappa shape index (κ3) is 3.25. The lowest BCUT2D eigenvalue weighted by atomic mass is 9.86. The predicted octanol–water partition coefficient (Wildman–Crippen LogP) is 2.59. The summed E-state index contributed by atoms with van der Waals surface area (Å²) in [7, 11) is 0. The highest BCUT2D eigenvalue weighted by Gasteiger charge is 2.42. The number of amides is 1. The molecule has 1 N–H and O–H groups in total. The van der Waals surface area contributed by atoms with E-state index in [0.29, 0.717) is 17.2 Å². The van der Waals surface area contributed by atoms with E-state index in [9.17, 15) is 4.79 Å². The molecule has 2 aliphatic heterocycles. The van der Waals surface area contributed by atoms with Crippen molar-refractivity contribution < 1.29 is 4.79 Å². The molecular formula is C15H27ClN2O. The van der Waals surface area contributed by atoms with Crippen LogP contribution in [0.25, 0.3) is 0 Å². The number of carbonyl (C=O) groups is 1. The van der Waals surface area contributed by atoms with Crippen LogP contribution in [0.1, 0.15) is 51.4 Å². The summed E-state index contributed by atoms with van der Waals surface area (Å²) in [4.78, 5) is 14.8. The molecule has 0 radical (unpaired) electrons. The molecule has 1 spiro atoms. The van der Waals surface area contributed by atoms with Gasteiger partial charge in [0.05, 0.1) is 0 Å². The van der Waals surface area contributed by atoms with E-state index >= 15 is 0 Å². The first-order chi connectivity index (χ1) is 8.79. The van der Waals surface area contributed by atoms with Gasteiger partial charge in [0.15, 0.2) is 0 Å². The van der Waals surface area contributed by atoms with Crippen molar-refractivity contribution in [2.24, 2.45) is 11.3 Å². The van der Waals surface area contributed by atoms with Gasteiger partial charge in [0.1, 0.15) is 0 Å². The zero-order chi connectivity index (χ0) is 12.4. The molecule has 19 heavy (non-hydrogen) atoms. The smallest absolute Gasteiger partial charge is 0.225 e. The second kappa shape index (κ2) is 6.45. The Balaban J connectivity index is 0.00000133. The van der Waals surface area contributed by atoms with E-state index in [0.717, 1.165) is 39.0 Å².